The number of amides is 1. The molecule has 0 radical (unpaired) electrons. The molecule has 0 fully saturated rings. The summed E-state index contributed by atoms with van der Waals surface area (Å²) in [6.07, 6.45) is 4.52. The number of benzene rings is 2. The van der Waals surface area contributed by atoms with Gasteiger partial charge in [0.05, 0.1) is 20.4 Å². The molecule has 0 atom stereocenters. The largest absolute Gasteiger partial charge is 0.493 e. The highest BCUT2D eigenvalue weighted by Gasteiger charge is 2.19. The molecule has 0 spiro atoms. The molecule has 1 amide bonds. The van der Waals surface area contributed by atoms with Gasteiger partial charge in [0.1, 0.15) is 0 Å². The number of nitrogens with one attached hydrogen (secondary N) is 1. The highest BCUT2D eigenvalue weighted by Crippen LogP contribution is 2.33. The van der Waals surface area contributed by atoms with Crippen LogP contribution in [-0.2, 0) is 24.2 Å². The summed E-state index contributed by atoms with van der Waals surface area (Å²) >= 11 is 0. The average molecular weight is 450 g/mol. The van der Waals surface area contributed by atoms with E-state index in [1.165, 1.54) is 11.1 Å². The van der Waals surface area contributed by atoms with Crippen LogP contribution in [0.5, 0.6) is 11.5 Å². The van der Waals surface area contributed by atoms with E-state index >= 15 is 0 Å². The van der Waals surface area contributed by atoms with E-state index in [0.717, 1.165) is 48.9 Å². The van der Waals surface area contributed by atoms with Gasteiger partial charge in [-0.05, 0) is 36.1 Å². The SMILES string of the molecule is COc1cc2c(cc1OC)CN(CCNC(=O)CCCc1ncc(-c3ccccc3)o1)CC2. The van der Waals surface area contributed by atoms with Gasteiger partial charge in [-0.25, -0.2) is 4.98 Å². The van der Waals surface area contributed by atoms with Gasteiger partial charge in [0, 0.05) is 44.6 Å². The Balaban J connectivity index is 1.17. The molecule has 0 bridgehead atoms. The van der Waals surface area contributed by atoms with Gasteiger partial charge < -0.3 is 19.2 Å². The van der Waals surface area contributed by atoms with Gasteiger partial charge in [-0.3, -0.25) is 9.69 Å². The molecular formula is C26H31N3O4. The second-order valence-corrected chi connectivity index (χ2v) is 8.19. The second-order valence-electron chi connectivity index (χ2n) is 8.19. The minimum absolute atomic E-state index is 0.0636. The number of ether oxygens (including phenoxy) is 2. The molecule has 4 rings (SSSR count). The lowest BCUT2D eigenvalue weighted by Crippen LogP contribution is -2.37. The number of carbonyl (C=O) groups excluding carboxylic acids is 1. The summed E-state index contributed by atoms with van der Waals surface area (Å²) in [4.78, 5) is 18.9. The quantitative estimate of drug-likeness (QED) is 0.507. The van der Waals surface area contributed by atoms with Crippen molar-refractivity contribution in [3.8, 4) is 22.8 Å². The second kappa shape index (κ2) is 11.0. The number of carbonyl (C=O) groups is 1. The highest BCUT2D eigenvalue weighted by atomic mass is 16.5. The third-order valence-corrected chi connectivity index (χ3v) is 5.95. The number of nitrogens with zero attached hydrogens (tertiary/aromatic N) is 2. The minimum atomic E-state index is 0.0636. The maximum Gasteiger partial charge on any atom is 0.220 e. The lowest BCUT2D eigenvalue weighted by atomic mass is 9.99. The van der Waals surface area contributed by atoms with Crippen molar-refractivity contribution >= 4 is 5.91 Å². The number of aryl methyl sites for hydroxylation is 1. The van der Waals surface area contributed by atoms with Gasteiger partial charge in [-0.2, -0.15) is 0 Å². The summed E-state index contributed by atoms with van der Waals surface area (Å²) in [5.74, 6) is 3.02. The van der Waals surface area contributed by atoms with Gasteiger partial charge in [0.15, 0.2) is 23.1 Å². The van der Waals surface area contributed by atoms with Gasteiger partial charge in [0.25, 0.3) is 0 Å². The van der Waals surface area contributed by atoms with Crippen LogP contribution in [0.1, 0.15) is 29.9 Å². The normalized spacial score (nSPS) is 13.4. The minimum Gasteiger partial charge on any atom is -0.493 e. The van der Waals surface area contributed by atoms with Crippen LogP contribution in [0, 0.1) is 0 Å². The average Bonchev–Trinajstić information content (AvgIpc) is 3.32. The standard InChI is InChI=1S/C26H31N3O4/c1-31-22-15-20-11-13-29(18-21(20)16-23(22)32-2)14-12-27-25(30)9-6-10-26-28-17-24(33-26)19-7-4-3-5-8-19/h3-5,7-8,15-17H,6,9-14,18H2,1-2H3,(H,27,30). The van der Waals surface area contributed by atoms with E-state index in [-0.39, 0.29) is 5.91 Å². The van der Waals surface area contributed by atoms with Crippen molar-refractivity contribution in [3.05, 3.63) is 65.7 Å². The highest BCUT2D eigenvalue weighted by molar-refractivity contribution is 5.75. The molecule has 2 aromatic carbocycles. The van der Waals surface area contributed by atoms with Crippen LogP contribution in [-0.4, -0.2) is 49.6 Å². The fraction of sp³-hybridized carbons (Fsp3) is 0.385. The number of oxazole rings is 1. The molecule has 0 aliphatic carbocycles. The molecule has 7 heteroatoms. The van der Waals surface area contributed by atoms with Crippen molar-refractivity contribution in [2.45, 2.75) is 32.2 Å². The van der Waals surface area contributed by atoms with Crippen LogP contribution in [0.25, 0.3) is 11.3 Å². The number of rotatable bonds is 10. The van der Waals surface area contributed by atoms with Crippen molar-refractivity contribution in [2.24, 2.45) is 0 Å². The first kappa shape index (κ1) is 22.9. The van der Waals surface area contributed by atoms with E-state index in [2.05, 4.69) is 27.3 Å². The molecular weight excluding hydrogens is 418 g/mol. The topological polar surface area (TPSA) is 76.8 Å². The Labute approximate surface area is 194 Å². The predicted octanol–water partition coefficient (Wildman–Crippen LogP) is 3.86. The zero-order valence-electron chi connectivity index (χ0n) is 19.3. The van der Waals surface area contributed by atoms with E-state index in [1.807, 2.05) is 30.3 Å². The first-order valence-corrected chi connectivity index (χ1v) is 11.4. The molecule has 3 aromatic rings. The fourth-order valence-electron chi connectivity index (χ4n) is 4.14. The number of aromatic nitrogens is 1. The molecule has 2 heterocycles. The maximum absolute atomic E-state index is 12.2. The summed E-state index contributed by atoms with van der Waals surface area (Å²) in [6.45, 7) is 3.27. The Bertz CT molecular complexity index is 1060. The third kappa shape index (κ3) is 5.93. The van der Waals surface area contributed by atoms with Crippen LogP contribution in [0.2, 0.25) is 0 Å². The van der Waals surface area contributed by atoms with Crippen molar-refractivity contribution in [1.82, 2.24) is 15.2 Å². The van der Waals surface area contributed by atoms with E-state index in [0.29, 0.717) is 31.7 Å². The van der Waals surface area contributed by atoms with Crippen LogP contribution >= 0.6 is 0 Å². The van der Waals surface area contributed by atoms with Gasteiger partial charge in [0.2, 0.25) is 5.91 Å². The maximum atomic E-state index is 12.2. The Morgan fingerprint density at radius 2 is 1.88 bits per heavy atom. The fourth-order valence-corrected chi connectivity index (χ4v) is 4.14. The Hall–Kier alpha value is -3.32. The van der Waals surface area contributed by atoms with Crippen molar-refractivity contribution in [2.75, 3.05) is 33.9 Å². The zero-order chi connectivity index (χ0) is 23.0. The van der Waals surface area contributed by atoms with E-state index in [1.54, 1.807) is 20.4 Å². The number of hydrogen-bond donors (Lipinski definition) is 1. The van der Waals surface area contributed by atoms with Crippen LogP contribution in [0.15, 0.2) is 53.1 Å². The first-order valence-electron chi connectivity index (χ1n) is 11.4. The van der Waals surface area contributed by atoms with Crippen molar-refractivity contribution in [3.63, 3.8) is 0 Å². The number of fused-ring (bicyclic) bond motifs is 1. The molecule has 0 saturated heterocycles. The zero-order valence-corrected chi connectivity index (χ0v) is 19.3. The molecule has 1 aliphatic rings. The molecule has 1 N–H and O–H groups in total. The first-order chi connectivity index (χ1) is 16.2. The summed E-state index contributed by atoms with van der Waals surface area (Å²) in [5.41, 5.74) is 3.56. The van der Waals surface area contributed by atoms with Crippen molar-refractivity contribution in [1.29, 1.82) is 0 Å². The Morgan fingerprint density at radius 3 is 2.64 bits per heavy atom. The molecule has 33 heavy (non-hydrogen) atoms. The lowest BCUT2D eigenvalue weighted by Gasteiger charge is -2.29. The summed E-state index contributed by atoms with van der Waals surface area (Å²) < 4.78 is 16.6. The van der Waals surface area contributed by atoms with E-state index in [4.69, 9.17) is 13.9 Å². The van der Waals surface area contributed by atoms with Crippen molar-refractivity contribution < 1.29 is 18.7 Å². The Kier molecular flexibility index (Phi) is 7.62. The lowest BCUT2D eigenvalue weighted by molar-refractivity contribution is -0.121. The molecule has 0 saturated carbocycles. The molecule has 0 unspecified atom stereocenters. The number of methoxy groups -OCH3 is 2. The smallest absolute Gasteiger partial charge is 0.220 e. The van der Waals surface area contributed by atoms with Gasteiger partial charge in [-0.15, -0.1) is 0 Å². The monoisotopic (exact) mass is 449 g/mol. The van der Waals surface area contributed by atoms with Crippen LogP contribution < -0.4 is 14.8 Å². The summed E-state index contributed by atoms with van der Waals surface area (Å²) in [5, 5.41) is 3.04. The predicted molar refractivity (Wildman–Crippen MR) is 126 cm³/mol. The summed E-state index contributed by atoms with van der Waals surface area (Å²) in [6, 6.07) is 14.0. The van der Waals surface area contributed by atoms with E-state index < -0.39 is 0 Å². The number of hydrogen-bond acceptors (Lipinski definition) is 6. The van der Waals surface area contributed by atoms with Crippen LogP contribution in [0.3, 0.4) is 0 Å². The van der Waals surface area contributed by atoms with Gasteiger partial charge in [-0.1, -0.05) is 30.3 Å². The van der Waals surface area contributed by atoms with E-state index in [9.17, 15) is 4.79 Å². The van der Waals surface area contributed by atoms with Gasteiger partial charge >= 0.3 is 0 Å². The molecule has 7 nitrogen and oxygen atoms in total. The molecule has 1 aliphatic heterocycles. The van der Waals surface area contributed by atoms with Crippen LogP contribution in [0.4, 0.5) is 0 Å². The summed E-state index contributed by atoms with van der Waals surface area (Å²) in [7, 11) is 3.32. The third-order valence-electron chi connectivity index (χ3n) is 5.95. The molecule has 174 valence electrons. The Morgan fingerprint density at radius 1 is 1.12 bits per heavy atom. The molecule has 1 aromatic heterocycles.